The average Bonchev–Trinajstić information content (AvgIpc) is 3.24. The maximum Gasteiger partial charge on any atom is 0.193 e. The van der Waals surface area contributed by atoms with Crippen LogP contribution in [0.25, 0.3) is 5.65 Å². The summed E-state index contributed by atoms with van der Waals surface area (Å²) in [4.78, 5) is 6.88. The second kappa shape index (κ2) is 7.92. The lowest BCUT2D eigenvalue weighted by atomic mass is 10.3. The predicted molar refractivity (Wildman–Crippen MR) is 98.5 cm³/mol. The van der Waals surface area contributed by atoms with Crippen LogP contribution >= 0.6 is 11.3 Å². The molecule has 0 fully saturated rings. The van der Waals surface area contributed by atoms with Crippen molar-refractivity contribution in [1.29, 1.82) is 0 Å². The molecule has 0 spiro atoms. The summed E-state index contributed by atoms with van der Waals surface area (Å²) in [5.74, 6) is 1.85. The molecule has 0 saturated carbocycles. The molecular formula is C17H22N6S. The van der Waals surface area contributed by atoms with Gasteiger partial charge in [0, 0.05) is 39.3 Å². The molecule has 0 unspecified atom stereocenters. The van der Waals surface area contributed by atoms with Crippen molar-refractivity contribution >= 4 is 22.9 Å². The zero-order chi connectivity index (χ0) is 16.8. The van der Waals surface area contributed by atoms with E-state index in [1.165, 1.54) is 5.56 Å². The van der Waals surface area contributed by atoms with Gasteiger partial charge in [-0.05, 0) is 41.4 Å². The normalized spacial score (nSPS) is 11.8. The van der Waals surface area contributed by atoms with Gasteiger partial charge in [-0.15, -0.1) is 10.2 Å². The fourth-order valence-electron chi connectivity index (χ4n) is 2.52. The Morgan fingerprint density at radius 3 is 3.04 bits per heavy atom. The molecule has 0 bridgehead atoms. The van der Waals surface area contributed by atoms with Gasteiger partial charge in [-0.3, -0.25) is 9.39 Å². The summed E-state index contributed by atoms with van der Waals surface area (Å²) < 4.78 is 2.01. The zero-order valence-corrected chi connectivity index (χ0v) is 14.8. The lowest BCUT2D eigenvalue weighted by molar-refractivity contribution is 0.477. The molecule has 0 radical (unpaired) electrons. The monoisotopic (exact) mass is 342 g/mol. The quantitative estimate of drug-likeness (QED) is 0.552. The number of guanidine groups is 1. The van der Waals surface area contributed by atoms with Gasteiger partial charge in [0.1, 0.15) is 5.82 Å². The van der Waals surface area contributed by atoms with Crippen molar-refractivity contribution in [2.45, 2.75) is 19.9 Å². The van der Waals surface area contributed by atoms with Crippen LogP contribution in [0.2, 0.25) is 0 Å². The number of pyridine rings is 1. The van der Waals surface area contributed by atoms with Crippen molar-refractivity contribution < 1.29 is 0 Å². The van der Waals surface area contributed by atoms with E-state index in [9.17, 15) is 0 Å². The minimum atomic E-state index is 0.673. The highest BCUT2D eigenvalue weighted by Crippen LogP contribution is 2.09. The Labute approximate surface area is 145 Å². The first-order valence-electron chi connectivity index (χ1n) is 8.07. The minimum Gasteiger partial charge on any atom is -0.357 e. The van der Waals surface area contributed by atoms with Crippen LogP contribution in [-0.4, -0.2) is 45.6 Å². The standard InChI is InChI=1S/C17H22N6S/c1-3-18-17(22(2)12-14-8-11-24-13-14)19-9-7-16-21-20-15-6-4-5-10-23(15)16/h4-6,8,10-11,13H,3,7,9,12H2,1-2H3,(H,18,19). The number of thiophene rings is 1. The van der Waals surface area contributed by atoms with Crippen LogP contribution < -0.4 is 5.32 Å². The van der Waals surface area contributed by atoms with Crippen molar-refractivity contribution in [1.82, 2.24) is 24.8 Å². The number of aliphatic imine (C=N–C) groups is 1. The van der Waals surface area contributed by atoms with Crippen molar-refractivity contribution in [3.63, 3.8) is 0 Å². The number of aromatic nitrogens is 3. The van der Waals surface area contributed by atoms with Crippen LogP contribution in [0.1, 0.15) is 18.3 Å². The first kappa shape index (κ1) is 16.4. The van der Waals surface area contributed by atoms with E-state index in [-0.39, 0.29) is 0 Å². The Morgan fingerprint density at radius 2 is 2.25 bits per heavy atom. The van der Waals surface area contributed by atoms with Crippen molar-refractivity contribution in [3.8, 4) is 0 Å². The smallest absolute Gasteiger partial charge is 0.193 e. The molecule has 6 nitrogen and oxygen atoms in total. The van der Waals surface area contributed by atoms with Gasteiger partial charge in [-0.2, -0.15) is 11.3 Å². The van der Waals surface area contributed by atoms with Gasteiger partial charge in [-0.1, -0.05) is 6.07 Å². The van der Waals surface area contributed by atoms with Crippen LogP contribution in [0, 0.1) is 0 Å². The third-order valence-corrected chi connectivity index (χ3v) is 4.41. The molecule has 0 amide bonds. The number of hydrogen-bond acceptors (Lipinski definition) is 4. The molecule has 0 aliphatic rings. The first-order valence-corrected chi connectivity index (χ1v) is 9.01. The molecular weight excluding hydrogens is 320 g/mol. The Balaban J connectivity index is 1.65. The maximum atomic E-state index is 4.73. The number of nitrogens with one attached hydrogen (secondary N) is 1. The van der Waals surface area contributed by atoms with E-state index in [2.05, 4.69) is 51.2 Å². The molecule has 3 aromatic heterocycles. The Morgan fingerprint density at radius 1 is 1.33 bits per heavy atom. The highest BCUT2D eigenvalue weighted by molar-refractivity contribution is 7.07. The lowest BCUT2D eigenvalue weighted by Gasteiger charge is -2.21. The van der Waals surface area contributed by atoms with Crippen LogP contribution in [0.15, 0.2) is 46.2 Å². The summed E-state index contributed by atoms with van der Waals surface area (Å²) in [6, 6.07) is 8.06. The molecule has 24 heavy (non-hydrogen) atoms. The SMILES string of the molecule is CCNC(=NCCc1nnc2ccccn12)N(C)Cc1ccsc1. The van der Waals surface area contributed by atoms with Crippen LogP contribution in [0.3, 0.4) is 0 Å². The fraction of sp³-hybridized carbons (Fsp3) is 0.353. The van der Waals surface area contributed by atoms with Crippen LogP contribution in [-0.2, 0) is 13.0 Å². The molecule has 3 aromatic rings. The Kier molecular flexibility index (Phi) is 5.43. The molecule has 3 heterocycles. The summed E-state index contributed by atoms with van der Waals surface area (Å²) in [7, 11) is 2.06. The first-order chi connectivity index (χ1) is 11.8. The molecule has 3 rings (SSSR count). The molecule has 0 aromatic carbocycles. The lowest BCUT2D eigenvalue weighted by Crippen LogP contribution is -2.38. The van der Waals surface area contributed by atoms with Gasteiger partial charge in [0.25, 0.3) is 0 Å². The highest BCUT2D eigenvalue weighted by atomic mass is 32.1. The third kappa shape index (κ3) is 3.91. The summed E-state index contributed by atoms with van der Waals surface area (Å²) in [6.45, 7) is 4.45. The Bertz CT molecular complexity index is 792. The summed E-state index contributed by atoms with van der Waals surface area (Å²) in [5, 5.41) is 16.1. The summed E-state index contributed by atoms with van der Waals surface area (Å²) >= 11 is 1.72. The molecule has 7 heteroatoms. The fourth-order valence-corrected chi connectivity index (χ4v) is 3.18. The number of fused-ring (bicyclic) bond motifs is 1. The largest absolute Gasteiger partial charge is 0.357 e. The van der Waals surface area contributed by atoms with Gasteiger partial charge in [0.05, 0.1) is 0 Å². The molecule has 0 aliphatic carbocycles. The Hall–Kier alpha value is -2.41. The molecule has 126 valence electrons. The van der Waals surface area contributed by atoms with E-state index >= 15 is 0 Å². The highest BCUT2D eigenvalue weighted by Gasteiger charge is 2.08. The molecule has 1 N–H and O–H groups in total. The number of hydrogen-bond donors (Lipinski definition) is 1. The molecule has 0 saturated heterocycles. The second-order valence-corrected chi connectivity index (χ2v) is 6.30. The summed E-state index contributed by atoms with van der Waals surface area (Å²) in [5.41, 5.74) is 2.18. The minimum absolute atomic E-state index is 0.673. The van der Waals surface area contributed by atoms with Gasteiger partial charge < -0.3 is 10.2 Å². The van der Waals surface area contributed by atoms with E-state index in [1.807, 2.05) is 28.8 Å². The van der Waals surface area contributed by atoms with Gasteiger partial charge >= 0.3 is 0 Å². The number of rotatable bonds is 6. The summed E-state index contributed by atoms with van der Waals surface area (Å²) in [6.07, 6.45) is 2.74. The predicted octanol–water partition coefficient (Wildman–Crippen LogP) is 2.43. The second-order valence-electron chi connectivity index (χ2n) is 5.52. The van der Waals surface area contributed by atoms with Crippen LogP contribution in [0.5, 0.6) is 0 Å². The van der Waals surface area contributed by atoms with Crippen LogP contribution in [0.4, 0.5) is 0 Å². The topological polar surface area (TPSA) is 57.8 Å². The van der Waals surface area contributed by atoms with Crippen molar-refractivity contribution in [2.75, 3.05) is 20.1 Å². The van der Waals surface area contributed by atoms with Gasteiger partial charge in [0.15, 0.2) is 11.6 Å². The van der Waals surface area contributed by atoms with Gasteiger partial charge in [0.2, 0.25) is 0 Å². The zero-order valence-electron chi connectivity index (χ0n) is 14.0. The van der Waals surface area contributed by atoms with E-state index in [4.69, 9.17) is 4.99 Å². The van der Waals surface area contributed by atoms with E-state index in [1.54, 1.807) is 11.3 Å². The van der Waals surface area contributed by atoms with E-state index in [0.717, 1.165) is 36.9 Å². The average molecular weight is 342 g/mol. The number of nitrogens with zero attached hydrogens (tertiary/aromatic N) is 5. The van der Waals surface area contributed by atoms with E-state index in [0.29, 0.717) is 6.54 Å². The maximum absolute atomic E-state index is 4.73. The van der Waals surface area contributed by atoms with Gasteiger partial charge in [-0.25, -0.2) is 0 Å². The van der Waals surface area contributed by atoms with Crippen molar-refractivity contribution in [2.24, 2.45) is 4.99 Å². The van der Waals surface area contributed by atoms with Crippen molar-refractivity contribution in [3.05, 3.63) is 52.6 Å². The van der Waals surface area contributed by atoms with E-state index < -0.39 is 0 Å². The third-order valence-electron chi connectivity index (χ3n) is 3.68. The molecule has 0 atom stereocenters. The molecule has 0 aliphatic heterocycles.